The Morgan fingerprint density at radius 3 is 2.70 bits per heavy atom. The standard InChI is InChI=1S/C12H20ClN5OS/c1-9(8-20-3)17(2)11-14-10(13)15-12(16-11)18-4-6-19-7-5-18/h9H,4-8H2,1-3H3. The molecule has 1 aromatic heterocycles. The highest BCUT2D eigenvalue weighted by Crippen LogP contribution is 2.19. The number of halogens is 1. The van der Waals surface area contributed by atoms with Crippen molar-refractivity contribution in [3.63, 3.8) is 0 Å². The van der Waals surface area contributed by atoms with E-state index in [0.717, 1.165) is 18.8 Å². The van der Waals surface area contributed by atoms with Gasteiger partial charge in [-0.1, -0.05) is 0 Å². The molecule has 0 N–H and O–H groups in total. The van der Waals surface area contributed by atoms with Crippen LogP contribution >= 0.6 is 23.4 Å². The molecule has 2 heterocycles. The Kier molecular flexibility index (Phi) is 5.68. The summed E-state index contributed by atoms with van der Waals surface area (Å²) in [7, 11) is 1.98. The maximum Gasteiger partial charge on any atom is 0.231 e. The summed E-state index contributed by atoms with van der Waals surface area (Å²) in [6, 6.07) is 0.334. The second kappa shape index (κ2) is 7.28. The molecule has 1 saturated heterocycles. The second-order valence-electron chi connectivity index (χ2n) is 4.72. The lowest BCUT2D eigenvalue weighted by atomic mass is 10.3. The average Bonchev–Trinajstić information content (AvgIpc) is 2.47. The van der Waals surface area contributed by atoms with Crippen molar-refractivity contribution >= 4 is 35.3 Å². The minimum absolute atomic E-state index is 0.236. The van der Waals surface area contributed by atoms with E-state index in [1.165, 1.54) is 0 Å². The maximum absolute atomic E-state index is 6.04. The van der Waals surface area contributed by atoms with Crippen LogP contribution in [0, 0.1) is 0 Å². The lowest BCUT2D eigenvalue weighted by Crippen LogP contribution is -2.38. The molecule has 1 atom stereocenters. The quantitative estimate of drug-likeness (QED) is 0.816. The molecule has 0 aromatic carbocycles. The molecule has 1 fully saturated rings. The first-order chi connectivity index (χ1) is 9.61. The van der Waals surface area contributed by atoms with E-state index in [4.69, 9.17) is 16.3 Å². The van der Waals surface area contributed by atoms with Gasteiger partial charge in [0.1, 0.15) is 0 Å². The van der Waals surface area contributed by atoms with Crippen molar-refractivity contribution in [2.24, 2.45) is 0 Å². The predicted octanol–water partition coefficient (Wildman–Crippen LogP) is 1.55. The molecule has 0 aliphatic carbocycles. The van der Waals surface area contributed by atoms with Gasteiger partial charge in [0.05, 0.1) is 13.2 Å². The molecule has 2 rings (SSSR count). The van der Waals surface area contributed by atoms with Crippen molar-refractivity contribution in [1.82, 2.24) is 15.0 Å². The van der Waals surface area contributed by atoms with Crippen molar-refractivity contribution in [3.8, 4) is 0 Å². The molecule has 0 radical (unpaired) electrons. The van der Waals surface area contributed by atoms with Crippen LogP contribution in [-0.2, 0) is 4.74 Å². The number of thioether (sulfide) groups is 1. The monoisotopic (exact) mass is 317 g/mol. The van der Waals surface area contributed by atoms with Gasteiger partial charge in [-0.25, -0.2) is 0 Å². The van der Waals surface area contributed by atoms with Gasteiger partial charge >= 0.3 is 0 Å². The van der Waals surface area contributed by atoms with Crippen LogP contribution in [-0.4, -0.2) is 66.4 Å². The van der Waals surface area contributed by atoms with Crippen LogP contribution in [0.1, 0.15) is 6.92 Å². The molecule has 1 unspecified atom stereocenters. The van der Waals surface area contributed by atoms with Gasteiger partial charge < -0.3 is 14.5 Å². The Hall–Kier alpha value is -0.790. The Balaban J connectivity index is 2.19. The van der Waals surface area contributed by atoms with Crippen LogP contribution in [0.25, 0.3) is 0 Å². The van der Waals surface area contributed by atoms with E-state index in [2.05, 4.69) is 33.0 Å². The predicted molar refractivity (Wildman–Crippen MR) is 84.1 cm³/mol. The topological polar surface area (TPSA) is 54.4 Å². The third-order valence-electron chi connectivity index (χ3n) is 3.26. The highest BCUT2D eigenvalue weighted by molar-refractivity contribution is 7.98. The summed E-state index contributed by atoms with van der Waals surface area (Å²) < 4.78 is 5.34. The Morgan fingerprint density at radius 1 is 1.35 bits per heavy atom. The zero-order chi connectivity index (χ0) is 14.5. The molecule has 6 nitrogen and oxygen atoms in total. The van der Waals surface area contributed by atoms with E-state index < -0.39 is 0 Å². The van der Waals surface area contributed by atoms with Gasteiger partial charge in [-0.3, -0.25) is 0 Å². The fourth-order valence-electron chi connectivity index (χ4n) is 1.94. The van der Waals surface area contributed by atoms with Crippen molar-refractivity contribution in [2.75, 3.05) is 55.2 Å². The van der Waals surface area contributed by atoms with Crippen molar-refractivity contribution < 1.29 is 4.74 Å². The first-order valence-corrected chi connectivity index (χ1v) is 8.35. The lowest BCUT2D eigenvalue weighted by molar-refractivity contribution is 0.122. The molecule has 112 valence electrons. The number of anilines is 2. The summed E-state index contributed by atoms with van der Waals surface area (Å²) in [5.41, 5.74) is 0. The Morgan fingerprint density at radius 2 is 2.05 bits per heavy atom. The van der Waals surface area contributed by atoms with Gasteiger partial charge in [0.25, 0.3) is 0 Å². The Labute approximate surface area is 128 Å². The third-order valence-corrected chi connectivity index (χ3v) is 4.25. The minimum atomic E-state index is 0.236. The number of nitrogens with zero attached hydrogens (tertiary/aromatic N) is 5. The molecule has 0 bridgehead atoms. The summed E-state index contributed by atoms with van der Waals surface area (Å²) in [5, 5.41) is 0.236. The second-order valence-corrected chi connectivity index (χ2v) is 5.97. The molecular weight excluding hydrogens is 298 g/mol. The Bertz CT molecular complexity index is 444. The maximum atomic E-state index is 6.04. The van der Waals surface area contributed by atoms with Gasteiger partial charge in [-0.15, -0.1) is 0 Å². The summed E-state index contributed by atoms with van der Waals surface area (Å²) in [6.07, 6.45) is 2.09. The van der Waals surface area contributed by atoms with E-state index in [-0.39, 0.29) is 5.28 Å². The fraction of sp³-hybridized carbons (Fsp3) is 0.750. The molecule has 8 heteroatoms. The smallest absolute Gasteiger partial charge is 0.231 e. The van der Waals surface area contributed by atoms with Crippen LogP contribution in [0.15, 0.2) is 0 Å². The normalized spacial score (nSPS) is 17.1. The van der Waals surface area contributed by atoms with Gasteiger partial charge in [-0.05, 0) is 24.8 Å². The molecule has 20 heavy (non-hydrogen) atoms. The van der Waals surface area contributed by atoms with Crippen LogP contribution < -0.4 is 9.80 Å². The molecule has 1 aromatic rings. The number of hydrogen-bond donors (Lipinski definition) is 0. The van der Waals surface area contributed by atoms with Crippen LogP contribution in [0.4, 0.5) is 11.9 Å². The molecule has 0 saturated carbocycles. The van der Waals surface area contributed by atoms with Gasteiger partial charge in [-0.2, -0.15) is 26.7 Å². The zero-order valence-electron chi connectivity index (χ0n) is 12.0. The molecule has 0 amide bonds. The largest absolute Gasteiger partial charge is 0.378 e. The van der Waals surface area contributed by atoms with Crippen molar-refractivity contribution in [2.45, 2.75) is 13.0 Å². The van der Waals surface area contributed by atoms with Crippen LogP contribution in [0.5, 0.6) is 0 Å². The highest BCUT2D eigenvalue weighted by atomic mass is 35.5. The highest BCUT2D eigenvalue weighted by Gasteiger charge is 2.19. The first-order valence-electron chi connectivity index (χ1n) is 6.58. The number of aromatic nitrogens is 3. The van der Waals surface area contributed by atoms with Gasteiger partial charge in [0.15, 0.2) is 0 Å². The van der Waals surface area contributed by atoms with E-state index in [1.807, 2.05) is 11.9 Å². The summed E-state index contributed by atoms with van der Waals surface area (Å²) in [5.74, 6) is 2.26. The SMILES string of the molecule is CSCC(C)N(C)c1nc(Cl)nc(N2CCOCC2)n1. The van der Waals surface area contributed by atoms with Crippen molar-refractivity contribution in [3.05, 3.63) is 5.28 Å². The lowest BCUT2D eigenvalue weighted by Gasteiger charge is -2.29. The first kappa shape index (κ1) is 15.6. The minimum Gasteiger partial charge on any atom is -0.378 e. The summed E-state index contributed by atoms with van der Waals surface area (Å²) in [4.78, 5) is 17.1. The zero-order valence-corrected chi connectivity index (χ0v) is 13.6. The molecular formula is C12H20ClN5OS. The van der Waals surface area contributed by atoms with E-state index in [9.17, 15) is 0 Å². The third kappa shape index (κ3) is 3.86. The van der Waals surface area contributed by atoms with E-state index >= 15 is 0 Å². The van der Waals surface area contributed by atoms with Gasteiger partial charge in [0.2, 0.25) is 17.2 Å². The molecule has 0 spiro atoms. The van der Waals surface area contributed by atoms with Crippen LogP contribution in [0.2, 0.25) is 5.28 Å². The summed E-state index contributed by atoms with van der Waals surface area (Å²) >= 11 is 7.84. The van der Waals surface area contributed by atoms with Crippen molar-refractivity contribution in [1.29, 1.82) is 0 Å². The van der Waals surface area contributed by atoms with Gasteiger partial charge in [0, 0.05) is 31.9 Å². The number of ether oxygens (including phenoxy) is 1. The number of rotatable bonds is 5. The molecule has 1 aliphatic heterocycles. The summed E-state index contributed by atoms with van der Waals surface area (Å²) in [6.45, 7) is 5.09. The fourth-order valence-corrected chi connectivity index (χ4v) is 2.80. The molecule has 1 aliphatic rings. The van der Waals surface area contributed by atoms with E-state index in [0.29, 0.717) is 31.2 Å². The van der Waals surface area contributed by atoms with Crippen LogP contribution in [0.3, 0.4) is 0 Å². The number of hydrogen-bond acceptors (Lipinski definition) is 7. The number of morpholine rings is 1. The average molecular weight is 318 g/mol. The van der Waals surface area contributed by atoms with E-state index in [1.54, 1.807) is 11.8 Å².